The number of methoxy groups -OCH3 is 1. The Morgan fingerprint density at radius 3 is 2.14 bits per heavy atom. The second kappa shape index (κ2) is 9.93. The highest BCUT2D eigenvalue weighted by Gasteiger charge is 2.20. The van der Waals surface area contributed by atoms with E-state index >= 15 is 0 Å². The van der Waals surface area contributed by atoms with Gasteiger partial charge in [-0.05, 0) is 55.8 Å². The molecule has 0 aliphatic rings. The molecule has 1 heterocycles. The summed E-state index contributed by atoms with van der Waals surface area (Å²) >= 11 is 0. The van der Waals surface area contributed by atoms with Crippen LogP contribution in [0.2, 0.25) is 0 Å². The van der Waals surface area contributed by atoms with Gasteiger partial charge in [0.1, 0.15) is 5.71 Å². The minimum absolute atomic E-state index is 0.0359. The van der Waals surface area contributed by atoms with Crippen LogP contribution in [0.4, 0.5) is 0 Å². The summed E-state index contributed by atoms with van der Waals surface area (Å²) < 4.78 is 6.73. The van der Waals surface area contributed by atoms with Gasteiger partial charge in [-0.3, -0.25) is 14.4 Å². The van der Waals surface area contributed by atoms with Crippen LogP contribution in [0, 0.1) is 6.92 Å². The zero-order valence-electron chi connectivity index (χ0n) is 19.9. The highest BCUT2D eigenvalue weighted by molar-refractivity contribution is 6.46. The van der Waals surface area contributed by atoms with Crippen LogP contribution in [-0.2, 0) is 16.1 Å². The van der Waals surface area contributed by atoms with Gasteiger partial charge in [-0.25, -0.2) is 0 Å². The quantitative estimate of drug-likeness (QED) is 0.124. The lowest BCUT2D eigenvalue weighted by molar-refractivity contribution is -0.140. The Hall–Kier alpha value is -4.26. The molecule has 0 radical (unpaired) electrons. The van der Waals surface area contributed by atoms with Crippen molar-refractivity contribution in [2.75, 3.05) is 7.11 Å². The lowest BCUT2D eigenvalue weighted by atomic mass is 9.97. The summed E-state index contributed by atoms with van der Waals surface area (Å²) in [6.45, 7) is 4.65. The van der Waals surface area contributed by atoms with Crippen molar-refractivity contribution in [2.45, 2.75) is 33.2 Å². The fourth-order valence-electron chi connectivity index (χ4n) is 4.41. The fourth-order valence-corrected chi connectivity index (χ4v) is 4.41. The molecule has 0 saturated heterocycles. The van der Waals surface area contributed by atoms with Gasteiger partial charge < -0.3 is 14.5 Å². The van der Waals surface area contributed by atoms with Gasteiger partial charge in [0.15, 0.2) is 5.78 Å². The molecule has 1 aromatic heterocycles. The Morgan fingerprint density at radius 1 is 0.914 bits per heavy atom. The molecule has 7 heteroatoms. The summed E-state index contributed by atoms with van der Waals surface area (Å²) in [6, 6.07) is 18.4. The maximum absolute atomic E-state index is 13.2. The number of carbonyl (C=O) groups excluding carboxylic acids is 3. The number of hydrogen-bond acceptors (Lipinski definition) is 6. The predicted molar refractivity (Wildman–Crippen MR) is 135 cm³/mol. The number of Topliss-reactive ketones (excluding diaryl/α,β-unsaturated/α-hetero) is 1. The number of carbonyl (C=O) groups is 3. The highest BCUT2D eigenvalue weighted by Crippen LogP contribution is 2.32. The van der Waals surface area contributed by atoms with Crippen molar-refractivity contribution in [1.29, 1.82) is 0 Å². The van der Waals surface area contributed by atoms with E-state index in [1.807, 2.05) is 62.4 Å². The van der Waals surface area contributed by atoms with Crippen molar-refractivity contribution in [3.8, 4) is 0 Å². The van der Waals surface area contributed by atoms with Crippen molar-refractivity contribution < 1.29 is 24.3 Å². The molecule has 0 aliphatic carbocycles. The van der Waals surface area contributed by atoms with Gasteiger partial charge in [-0.15, -0.1) is 0 Å². The maximum atomic E-state index is 13.2. The van der Waals surface area contributed by atoms with E-state index < -0.39 is 11.8 Å². The average Bonchev–Trinajstić information content (AvgIpc) is 3.20. The number of aryl methyl sites for hydroxylation is 2. The molecule has 0 spiro atoms. The Bertz CT molecular complexity index is 1500. The van der Waals surface area contributed by atoms with Crippen LogP contribution in [0.15, 0.2) is 65.8 Å². The van der Waals surface area contributed by atoms with E-state index in [4.69, 9.17) is 0 Å². The van der Waals surface area contributed by atoms with Crippen LogP contribution in [-0.4, -0.2) is 40.1 Å². The van der Waals surface area contributed by atoms with Crippen LogP contribution >= 0.6 is 0 Å². The number of oxime groups is 1. The van der Waals surface area contributed by atoms with E-state index in [2.05, 4.69) is 14.5 Å². The van der Waals surface area contributed by atoms with Gasteiger partial charge in [0.25, 0.3) is 0 Å². The molecule has 4 aromatic rings. The first-order valence-electron chi connectivity index (χ1n) is 11.4. The zero-order valence-corrected chi connectivity index (χ0v) is 19.9. The van der Waals surface area contributed by atoms with Crippen molar-refractivity contribution in [1.82, 2.24) is 4.57 Å². The SMILES string of the molecule is CCn1c2ccc(C(=O)/C(CCC(=O)OC)=N/O)cc2c2cc(C(=O)c3ccccc3C)ccc21. The lowest BCUT2D eigenvalue weighted by Gasteiger charge is -2.06. The van der Waals surface area contributed by atoms with Gasteiger partial charge in [0.2, 0.25) is 5.78 Å². The summed E-state index contributed by atoms with van der Waals surface area (Å²) in [6.07, 6.45) is -0.102. The number of aromatic nitrogens is 1. The molecule has 0 amide bonds. The smallest absolute Gasteiger partial charge is 0.305 e. The van der Waals surface area contributed by atoms with Gasteiger partial charge in [0.05, 0.1) is 13.5 Å². The normalized spacial score (nSPS) is 11.7. The maximum Gasteiger partial charge on any atom is 0.305 e. The van der Waals surface area contributed by atoms with Gasteiger partial charge in [-0.2, -0.15) is 0 Å². The van der Waals surface area contributed by atoms with Crippen LogP contribution in [0.3, 0.4) is 0 Å². The minimum atomic E-state index is -0.494. The van der Waals surface area contributed by atoms with Crippen LogP contribution in [0.5, 0.6) is 0 Å². The van der Waals surface area contributed by atoms with E-state index in [1.54, 1.807) is 12.1 Å². The van der Waals surface area contributed by atoms with E-state index in [9.17, 15) is 19.6 Å². The number of fused-ring (bicyclic) bond motifs is 3. The van der Waals surface area contributed by atoms with Crippen LogP contribution in [0.25, 0.3) is 21.8 Å². The Morgan fingerprint density at radius 2 is 1.54 bits per heavy atom. The Labute approximate surface area is 202 Å². The molecule has 3 aromatic carbocycles. The molecule has 7 nitrogen and oxygen atoms in total. The number of ketones is 2. The fraction of sp³-hybridized carbons (Fsp3) is 0.214. The lowest BCUT2D eigenvalue weighted by Crippen LogP contribution is -2.16. The Kier molecular flexibility index (Phi) is 6.78. The van der Waals surface area contributed by atoms with Gasteiger partial charge >= 0.3 is 5.97 Å². The summed E-state index contributed by atoms with van der Waals surface area (Å²) in [5.41, 5.74) is 4.21. The first kappa shape index (κ1) is 23.9. The number of hydrogen-bond donors (Lipinski definition) is 1. The molecule has 178 valence electrons. The van der Waals surface area contributed by atoms with Crippen molar-refractivity contribution in [2.24, 2.45) is 5.16 Å². The zero-order chi connectivity index (χ0) is 25.1. The minimum Gasteiger partial charge on any atom is -0.469 e. The van der Waals surface area contributed by atoms with E-state index in [-0.39, 0.29) is 24.3 Å². The van der Waals surface area contributed by atoms with Crippen molar-refractivity contribution in [3.63, 3.8) is 0 Å². The number of benzene rings is 3. The first-order valence-corrected chi connectivity index (χ1v) is 11.4. The van der Waals surface area contributed by atoms with Gasteiger partial charge in [0, 0.05) is 51.5 Å². The highest BCUT2D eigenvalue weighted by atomic mass is 16.5. The predicted octanol–water partition coefficient (Wildman–Crippen LogP) is 5.32. The van der Waals surface area contributed by atoms with Gasteiger partial charge in [-0.1, -0.05) is 29.4 Å². The third-order valence-electron chi connectivity index (χ3n) is 6.27. The summed E-state index contributed by atoms with van der Waals surface area (Å²) in [5.74, 6) is -1.03. The molecule has 35 heavy (non-hydrogen) atoms. The summed E-state index contributed by atoms with van der Waals surface area (Å²) in [5, 5.41) is 14.2. The molecule has 0 bridgehead atoms. The van der Waals surface area contributed by atoms with E-state index in [1.165, 1.54) is 7.11 Å². The third kappa shape index (κ3) is 4.45. The van der Waals surface area contributed by atoms with E-state index in [0.29, 0.717) is 23.2 Å². The van der Waals surface area contributed by atoms with E-state index in [0.717, 1.165) is 27.4 Å². The monoisotopic (exact) mass is 470 g/mol. The molecule has 0 atom stereocenters. The number of esters is 1. The third-order valence-corrected chi connectivity index (χ3v) is 6.27. The molecule has 4 rings (SSSR count). The molecule has 0 unspecified atom stereocenters. The second-order valence-electron chi connectivity index (χ2n) is 8.30. The average molecular weight is 471 g/mol. The molecule has 1 N–H and O–H groups in total. The second-order valence-corrected chi connectivity index (χ2v) is 8.30. The molecule has 0 fully saturated rings. The molecule has 0 aliphatic heterocycles. The molecule has 0 saturated carbocycles. The topological polar surface area (TPSA) is 98.0 Å². The molecular weight excluding hydrogens is 444 g/mol. The Balaban J connectivity index is 1.80. The largest absolute Gasteiger partial charge is 0.469 e. The summed E-state index contributed by atoms with van der Waals surface area (Å²) in [7, 11) is 1.26. The first-order chi connectivity index (χ1) is 16.9. The number of nitrogens with zero attached hydrogens (tertiary/aromatic N) is 2. The number of ether oxygens (including phenoxy) is 1. The van der Waals surface area contributed by atoms with Crippen molar-refractivity contribution in [3.05, 3.63) is 82.9 Å². The van der Waals surface area contributed by atoms with Crippen LogP contribution < -0.4 is 0 Å². The molecular formula is C28H26N2O5. The standard InChI is InChI=1S/C28H26N2O5/c1-4-30-24-12-9-18(27(32)20-8-6-5-7-17(20)2)15-21(24)22-16-19(10-13-25(22)30)28(33)23(29-34)11-14-26(31)35-3/h5-10,12-13,15-16,34H,4,11,14H2,1-3H3/b29-23+. The van der Waals surface area contributed by atoms with Crippen molar-refractivity contribution >= 4 is 45.1 Å². The van der Waals surface area contributed by atoms with Crippen LogP contribution in [0.1, 0.15) is 51.6 Å². The summed E-state index contributed by atoms with van der Waals surface area (Å²) in [4.78, 5) is 37.7. The number of rotatable bonds is 8.